The highest BCUT2D eigenvalue weighted by molar-refractivity contribution is 5.75. The molecule has 0 spiro atoms. The quantitative estimate of drug-likeness (QED) is 0.595. The van der Waals surface area contributed by atoms with Crippen LogP contribution >= 0.6 is 0 Å². The summed E-state index contributed by atoms with van der Waals surface area (Å²) in [5.41, 5.74) is 2.07. The van der Waals surface area contributed by atoms with Gasteiger partial charge in [-0.1, -0.05) is 18.2 Å². The first-order valence-electron chi connectivity index (χ1n) is 12.5. The first kappa shape index (κ1) is 25.8. The molecule has 2 aromatic rings. The lowest BCUT2D eigenvalue weighted by Crippen LogP contribution is -2.56. The maximum atomic E-state index is 13.6. The number of nitrogens with zero attached hydrogens (tertiary/aromatic N) is 4. The third-order valence-electron chi connectivity index (χ3n) is 7.29. The Morgan fingerprint density at radius 1 is 1.08 bits per heavy atom. The molecule has 2 fully saturated rings. The Balaban J connectivity index is 1.18. The van der Waals surface area contributed by atoms with Crippen LogP contribution in [0.1, 0.15) is 37.3 Å². The van der Waals surface area contributed by atoms with Gasteiger partial charge in [-0.25, -0.2) is 18.0 Å². The smallest absolute Gasteiger partial charge is 0.317 e. The number of piperazine rings is 1. The van der Waals surface area contributed by atoms with Crippen LogP contribution in [0, 0.1) is 34.7 Å². The van der Waals surface area contributed by atoms with Crippen LogP contribution in [0.3, 0.4) is 0 Å². The van der Waals surface area contributed by atoms with E-state index >= 15 is 0 Å². The zero-order valence-electron chi connectivity index (χ0n) is 20.5. The summed E-state index contributed by atoms with van der Waals surface area (Å²) in [6.07, 6.45) is 3.03. The van der Waals surface area contributed by atoms with Crippen molar-refractivity contribution in [3.63, 3.8) is 0 Å². The number of amides is 2. The fourth-order valence-electron chi connectivity index (χ4n) is 5.14. The van der Waals surface area contributed by atoms with E-state index in [4.69, 9.17) is 0 Å². The van der Waals surface area contributed by atoms with Crippen molar-refractivity contribution in [3.05, 3.63) is 65.0 Å². The Morgan fingerprint density at radius 3 is 2.44 bits per heavy atom. The Morgan fingerprint density at radius 2 is 1.78 bits per heavy atom. The minimum atomic E-state index is -1.47. The van der Waals surface area contributed by atoms with Gasteiger partial charge in [0.1, 0.15) is 0 Å². The zero-order chi connectivity index (χ0) is 25.7. The van der Waals surface area contributed by atoms with Crippen molar-refractivity contribution in [1.29, 1.82) is 5.26 Å². The lowest BCUT2D eigenvalue weighted by molar-refractivity contribution is 0.162. The van der Waals surface area contributed by atoms with Crippen LogP contribution in [0.4, 0.5) is 23.7 Å². The summed E-state index contributed by atoms with van der Waals surface area (Å²) in [5.74, 6) is -3.35. The van der Waals surface area contributed by atoms with Gasteiger partial charge in [-0.3, -0.25) is 4.90 Å². The van der Waals surface area contributed by atoms with Crippen LogP contribution in [-0.4, -0.2) is 61.1 Å². The Bertz CT molecular complexity index is 1090. The van der Waals surface area contributed by atoms with Crippen molar-refractivity contribution < 1.29 is 18.0 Å². The highest BCUT2D eigenvalue weighted by atomic mass is 19.2. The molecule has 2 aliphatic heterocycles. The Kier molecular flexibility index (Phi) is 8.36. The lowest BCUT2D eigenvalue weighted by Gasteiger charge is -2.41. The number of hydrogen-bond donors (Lipinski definition) is 1. The molecule has 192 valence electrons. The van der Waals surface area contributed by atoms with E-state index in [1.807, 2.05) is 31.2 Å². The molecule has 2 aromatic carbocycles. The van der Waals surface area contributed by atoms with E-state index < -0.39 is 17.5 Å². The summed E-state index contributed by atoms with van der Waals surface area (Å²) in [4.78, 5) is 18.6. The third-order valence-corrected chi connectivity index (χ3v) is 7.29. The number of urea groups is 1. The number of nitriles is 1. The van der Waals surface area contributed by atoms with Gasteiger partial charge in [0.25, 0.3) is 0 Å². The minimum absolute atomic E-state index is 0.135. The number of rotatable bonds is 6. The number of benzene rings is 2. The molecule has 0 saturated carbocycles. The van der Waals surface area contributed by atoms with E-state index in [9.17, 15) is 23.2 Å². The molecular formula is C27H32F3N5O. The van der Waals surface area contributed by atoms with Crippen LogP contribution in [0.25, 0.3) is 0 Å². The number of likely N-dealkylation sites (tertiary alicyclic amines) is 1. The lowest BCUT2D eigenvalue weighted by atomic mass is 9.93. The summed E-state index contributed by atoms with van der Waals surface area (Å²) in [5, 5.41) is 12.3. The highest BCUT2D eigenvalue weighted by Gasteiger charge is 2.29. The summed E-state index contributed by atoms with van der Waals surface area (Å²) in [6.45, 7) is 6.46. The molecule has 0 bridgehead atoms. The molecule has 0 aromatic heterocycles. The number of anilines is 1. The van der Waals surface area contributed by atoms with Crippen molar-refractivity contribution >= 4 is 11.7 Å². The molecule has 1 atom stereocenters. The van der Waals surface area contributed by atoms with Crippen molar-refractivity contribution in [2.45, 2.75) is 38.8 Å². The highest BCUT2D eigenvalue weighted by Crippen LogP contribution is 2.25. The van der Waals surface area contributed by atoms with E-state index in [2.05, 4.69) is 16.3 Å². The first-order chi connectivity index (χ1) is 17.4. The van der Waals surface area contributed by atoms with Gasteiger partial charge < -0.3 is 15.1 Å². The zero-order valence-corrected chi connectivity index (χ0v) is 20.5. The predicted octanol–water partition coefficient (Wildman–Crippen LogP) is 4.50. The number of nitrogens with one attached hydrogen (secondary N) is 1. The second-order valence-corrected chi connectivity index (χ2v) is 9.72. The average Bonchev–Trinajstić information content (AvgIpc) is 2.88. The minimum Gasteiger partial charge on any atom is -0.368 e. The van der Waals surface area contributed by atoms with Gasteiger partial charge in [0.15, 0.2) is 17.5 Å². The predicted molar refractivity (Wildman–Crippen MR) is 132 cm³/mol. The number of carbonyl (C=O) groups is 1. The monoisotopic (exact) mass is 499 g/mol. The van der Waals surface area contributed by atoms with Crippen LogP contribution in [0.15, 0.2) is 36.4 Å². The van der Waals surface area contributed by atoms with Crippen molar-refractivity contribution in [3.8, 4) is 6.07 Å². The molecule has 9 heteroatoms. The van der Waals surface area contributed by atoms with Gasteiger partial charge in [-0.05, 0) is 56.8 Å². The maximum absolute atomic E-state index is 13.6. The molecule has 2 heterocycles. The van der Waals surface area contributed by atoms with E-state index in [0.717, 1.165) is 62.2 Å². The standard InChI is InChI=1S/C27H32F3N5O/c1-19-17-34(23-14-24(28)26(30)25(29)15-23)12-13-35(19)27(36)32-9-6-20-7-10-33(11-8-20)18-22-5-3-2-4-21(22)16-31/h2-5,14-15,19-20H,6-13,17-18H2,1H3,(H,32,36)/t19-/m1/s1. The van der Waals surface area contributed by atoms with Gasteiger partial charge in [0.05, 0.1) is 11.6 Å². The normalized spacial score (nSPS) is 19.2. The molecule has 4 rings (SSSR count). The number of halogens is 3. The molecule has 36 heavy (non-hydrogen) atoms. The molecule has 0 radical (unpaired) electrons. The fourth-order valence-corrected chi connectivity index (χ4v) is 5.14. The van der Waals surface area contributed by atoms with E-state index in [1.165, 1.54) is 0 Å². The summed E-state index contributed by atoms with van der Waals surface area (Å²) < 4.78 is 40.5. The van der Waals surface area contributed by atoms with E-state index in [1.54, 1.807) is 9.80 Å². The van der Waals surface area contributed by atoms with Crippen LogP contribution in [0.5, 0.6) is 0 Å². The average molecular weight is 500 g/mol. The summed E-state index contributed by atoms with van der Waals surface area (Å²) in [6, 6.07) is 11.7. The second-order valence-electron chi connectivity index (χ2n) is 9.72. The van der Waals surface area contributed by atoms with Crippen molar-refractivity contribution in [1.82, 2.24) is 15.1 Å². The Hall–Kier alpha value is -3.25. The number of hydrogen-bond acceptors (Lipinski definition) is 4. The number of carbonyl (C=O) groups excluding carboxylic acids is 1. The molecular weight excluding hydrogens is 467 g/mol. The maximum Gasteiger partial charge on any atom is 0.317 e. The van der Waals surface area contributed by atoms with Crippen molar-refractivity contribution in [2.24, 2.45) is 5.92 Å². The Labute approximate surface area is 210 Å². The van der Waals surface area contributed by atoms with Crippen LogP contribution in [0.2, 0.25) is 0 Å². The molecule has 2 aliphatic rings. The molecule has 2 saturated heterocycles. The molecule has 2 amide bonds. The number of piperidine rings is 1. The van der Waals surface area contributed by atoms with Gasteiger partial charge in [-0.15, -0.1) is 0 Å². The largest absolute Gasteiger partial charge is 0.368 e. The van der Waals surface area contributed by atoms with E-state index in [0.29, 0.717) is 32.1 Å². The van der Waals surface area contributed by atoms with Gasteiger partial charge in [0, 0.05) is 56.6 Å². The topological polar surface area (TPSA) is 62.6 Å². The van der Waals surface area contributed by atoms with Gasteiger partial charge in [-0.2, -0.15) is 5.26 Å². The molecule has 0 aliphatic carbocycles. The van der Waals surface area contributed by atoms with E-state index in [-0.39, 0.29) is 17.8 Å². The summed E-state index contributed by atoms with van der Waals surface area (Å²) in [7, 11) is 0. The molecule has 1 N–H and O–H groups in total. The van der Waals surface area contributed by atoms with Crippen LogP contribution < -0.4 is 10.2 Å². The molecule has 0 unspecified atom stereocenters. The van der Waals surface area contributed by atoms with Gasteiger partial charge >= 0.3 is 6.03 Å². The second kappa shape index (κ2) is 11.7. The first-order valence-corrected chi connectivity index (χ1v) is 12.5. The van der Waals surface area contributed by atoms with Crippen LogP contribution in [-0.2, 0) is 6.54 Å². The molecule has 6 nitrogen and oxygen atoms in total. The van der Waals surface area contributed by atoms with Crippen molar-refractivity contribution in [2.75, 3.05) is 44.2 Å². The summed E-state index contributed by atoms with van der Waals surface area (Å²) >= 11 is 0. The van der Waals surface area contributed by atoms with Gasteiger partial charge in [0.2, 0.25) is 0 Å². The third kappa shape index (κ3) is 6.11. The SMILES string of the molecule is C[C@@H]1CN(c2cc(F)c(F)c(F)c2)CCN1C(=O)NCCC1CCN(Cc2ccccc2C#N)CC1. The fraction of sp³-hybridized carbons (Fsp3) is 0.481.